The van der Waals surface area contributed by atoms with Crippen LogP contribution in [0.3, 0.4) is 0 Å². The Balaban J connectivity index is 2.28. The van der Waals surface area contributed by atoms with E-state index in [2.05, 4.69) is 35.9 Å². The third kappa shape index (κ3) is 4.11. The van der Waals surface area contributed by atoms with Gasteiger partial charge < -0.3 is 5.73 Å². The van der Waals surface area contributed by atoms with Crippen LogP contribution in [0.15, 0.2) is 48.5 Å². The first kappa shape index (κ1) is 19.6. The van der Waals surface area contributed by atoms with Gasteiger partial charge in [-0.05, 0) is 42.5 Å². The lowest BCUT2D eigenvalue weighted by atomic mass is 9.96. The maximum absolute atomic E-state index is 12.4. The van der Waals surface area contributed by atoms with Crippen LogP contribution >= 0.6 is 0 Å². The van der Waals surface area contributed by atoms with Gasteiger partial charge in [0.2, 0.25) is 10.0 Å². The van der Waals surface area contributed by atoms with Crippen molar-refractivity contribution in [3.8, 4) is 11.1 Å². The average Bonchev–Trinajstić information content (AvgIpc) is 2.61. The summed E-state index contributed by atoms with van der Waals surface area (Å²) in [6.07, 6.45) is 0.906. The Labute approximate surface area is 151 Å². The van der Waals surface area contributed by atoms with Gasteiger partial charge in [0.25, 0.3) is 0 Å². The zero-order chi connectivity index (χ0) is 18.7. The molecule has 0 fully saturated rings. The van der Waals surface area contributed by atoms with Crippen molar-refractivity contribution < 1.29 is 8.42 Å². The lowest BCUT2D eigenvalue weighted by molar-refractivity contribution is 0.542. The molecule has 0 saturated heterocycles. The zero-order valence-electron chi connectivity index (χ0n) is 15.4. The van der Waals surface area contributed by atoms with Gasteiger partial charge in [-0.3, -0.25) is 0 Å². The monoisotopic (exact) mass is 360 g/mol. The molecule has 2 aromatic carbocycles. The van der Waals surface area contributed by atoms with E-state index in [0.717, 1.165) is 28.7 Å². The van der Waals surface area contributed by atoms with Gasteiger partial charge in [-0.1, -0.05) is 62.4 Å². The van der Waals surface area contributed by atoms with E-state index in [1.807, 2.05) is 24.3 Å². The Bertz CT molecular complexity index is 795. The highest BCUT2D eigenvalue weighted by Crippen LogP contribution is 2.31. The van der Waals surface area contributed by atoms with Crippen LogP contribution in [0.2, 0.25) is 0 Å². The topological polar surface area (TPSA) is 72.2 Å². The number of nitrogens with two attached hydrogens (primary N) is 1. The summed E-state index contributed by atoms with van der Waals surface area (Å²) in [7, 11) is -3.42. The summed E-state index contributed by atoms with van der Waals surface area (Å²) in [5.74, 6) is 0. The summed E-state index contributed by atoms with van der Waals surface area (Å²) in [6.45, 7) is 7.68. The highest BCUT2D eigenvalue weighted by Gasteiger charge is 2.35. The second kappa shape index (κ2) is 7.68. The second-order valence-corrected chi connectivity index (χ2v) is 9.04. The van der Waals surface area contributed by atoms with Gasteiger partial charge in [0.1, 0.15) is 4.75 Å². The van der Waals surface area contributed by atoms with Crippen molar-refractivity contribution >= 4 is 10.0 Å². The molecule has 0 amide bonds. The summed E-state index contributed by atoms with van der Waals surface area (Å²) < 4.78 is 26.4. The van der Waals surface area contributed by atoms with Crippen LogP contribution in [0.4, 0.5) is 0 Å². The molecule has 2 aromatic rings. The highest BCUT2D eigenvalue weighted by atomic mass is 32.2. The third-order valence-electron chi connectivity index (χ3n) is 4.70. The normalized spacial score (nSPS) is 13.6. The van der Waals surface area contributed by atoms with E-state index in [4.69, 9.17) is 5.73 Å². The number of sulfonamides is 1. The van der Waals surface area contributed by atoms with Crippen molar-refractivity contribution in [2.45, 2.75) is 44.9 Å². The molecule has 0 aliphatic rings. The fraction of sp³-hybridized carbons (Fsp3) is 0.400. The number of rotatable bonds is 7. The van der Waals surface area contributed by atoms with Crippen LogP contribution in [-0.2, 0) is 14.8 Å². The molecule has 4 nitrogen and oxygen atoms in total. The van der Waals surface area contributed by atoms with Gasteiger partial charge in [0.15, 0.2) is 0 Å². The summed E-state index contributed by atoms with van der Waals surface area (Å²) in [6, 6.07) is 16.0. The smallest absolute Gasteiger partial charge is 0.220 e. The number of hydrogen-bond acceptors (Lipinski definition) is 3. The number of nitrogens with one attached hydrogen (secondary N) is 1. The van der Waals surface area contributed by atoms with E-state index in [-0.39, 0.29) is 6.04 Å². The van der Waals surface area contributed by atoms with Gasteiger partial charge in [0.05, 0.1) is 0 Å². The molecule has 5 heteroatoms. The number of hydrogen-bond donors (Lipinski definition) is 2. The van der Waals surface area contributed by atoms with E-state index in [9.17, 15) is 8.42 Å². The largest absolute Gasteiger partial charge is 0.324 e. The van der Waals surface area contributed by atoms with Crippen LogP contribution in [0, 0.1) is 0 Å². The maximum Gasteiger partial charge on any atom is 0.220 e. The Hall–Kier alpha value is -1.69. The standard InChI is InChI=1S/C20H28N2O2S/c1-5-19(21)17-9-7-15(8-10-17)16-11-13-18(14-12-16)20(3,4)25(23,24)22-6-2/h7-14,19,22H,5-6,21H2,1-4H3. The molecule has 0 aliphatic heterocycles. The number of benzene rings is 2. The molecule has 0 aromatic heterocycles. The van der Waals surface area contributed by atoms with Crippen molar-refractivity contribution in [2.24, 2.45) is 5.73 Å². The molecule has 0 bridgehead atoms. The first-order chi connectivity index (χ1) is 11.7. The molecule has 0 saturated carbocycles. The average molecular weight is 361 g/mol. The molecule has 2 rings (SSSR count). The van der Waals surface area contributed by atoms with Crippen molar-refractivity contribution in [1.82, 2.24) is 4.72 Å². The lowest BCUT2D eigenvalue weighted by Gasteiger charge is -2.25. The van der Waals surface area contributed by atoms with E-state index in [1.54, 1.807) is 20.8 Å². The zero-order valence-corrected chi connectivity index (χ0v) is 16.2. The maximum atomic E-state index is 12.4. The highest BCUT2D eigenvalue weighted by molar-refractivity contribution is 7.90. The van der Waals surface area contributed by atoms with Crippen LogP contribution in [0.1, 0.15) is 51.3 Å². The molecule has 1 atom stereocenters. The molecule has 3 N–H and O–H groups in total. The van der Waals surface area contributed by atoms with E-state index in [0.29, 0.717) is 6.54 Å². The van der Waals surface area contributed by atoms with Gasteiger partial charge in [-0.15, -0.1) is 0 Å². The molecule has 1 unspecified atom stereocenters. The summed E-state index contributed by atoms with van der Waals surface area (Å²) in [4.78, 5) is 0. The minimum absolute atomic E-state index is 0.0634. The Morgan fingerprint density at radius 1 is 0.960 bits per heavy atom. The molecule has 136 valence electrons. The Morgan fingerprint density at radius 2 is 1.44 bits per heavy atom. The van der Waals surface area contributed by atoms with E-state index in [1.165, 1.54) is 0 Å². The molecule has 0 radical (unpaired) electrons. The van der Waals surface area contributed by atoms with Gasteiger partial charge >= 0.3 is 0 Å². The third-order valence-corrected chi connectivity index (χ3v) is 6.95. The van der Waals surface area contributed by atoms with Crippen molar-refractivity contribution in [2.75, 3.05) is 6.54 Å². The van der Waals surface area contributed by atoms with Crippen LogP contribution in [0.25, 0.3) is 11.1 Å². The summed E-state index contributed by atoms with van der Waals surface area (Å²) in [5, 5.41) is 0. The summed E-state index contributed by atoms with van der Waals surface area (Å²) in [5.41, 5.74) is 10.1. The first-order valence-corrected chi connectivity index (χ1v) is 10.2. The Morgan fingerprint density at radius 3 is 1.88 bits per heavy atom. The minimum Gasteiger partial charge on any atom is -0.324 e. The quantitative estimate of drug-likeness (QED) is 0.785. The molecule has 25 heavy (non-hydrogen) atoms. The van der Waals surface area contributed by atoms with Crippen molar-refractivity contribution in [1.29, 1.82) is 0 Å². The molecule has 0 heterocycles. The van der Waals surface area contributed by atoms with E-state index < -0.39 is 14.8 Å². The minimum atomic E-state index is -3.42. The molecule has 0 aliphatic carbocycles. The SMILES string of the molecule is CCNS(=O)(=O)C(C)(C)c1ccc(-c2ccc(C(N)CC)cc2)cc1. The van der Waals surface area contributed by atoms with Crippen LogP contribution in [-0.4, -0.2) is 15.0 Å². The second-order valence-electron chi connectivity index (χ2n) is 6.73. The van der Waals surface area contributed by atoms with Crippen LogP contribution in [0.5, 0.6) is 0 Å². The van der Waals surface area contributed by atoms with Gasteiger partial charge in [0, 0.05) is 12.6 Å². The molecule has 0 spiro atoms. The van der Waals surface area contributed by atoms with E-state index >= 15 is 0 Å². The predicted molar refractivity (Wildman–Crippen MR) is 105 cm³/mol. The fourth-order valence-corrected chi connectivity index (χ4v) is 3.94. The lowest BCUT2D eigenvalue weighted by Crippen LogP contribution is -2.39. The summed E-state index contributed by atoms with van der Waals surface area (Å²) >= 11 is 0. The Kier molecular flexibility index (Phi) is 6.03. The van der Waals surface area contributed by atoms with Crippen molar-refractivity contribution in [3.05, 3.63) is 59.7 Å². The van der Waals surface area contributed by atoms with Crippen molar-refractivity contribution in [3.63, 3.8) is 0 Å². The van der Waals surface area contributed by atoms with Crippen LogP contribution < -0.4 is 10.5 Å². The van der Waals surface area contributed by atoms with Gasteiger partial charge in [-0.2, -0.15) is 0 Å². The van der Waals surface area contributed by atoms with Gasteiger partial charge in [-0.25, -0.2) is 13.1 Å². The predicted octanol–water partition coefficient (Wildman–Crippen LogP) is 3.94. The first-order valence-electron chi connectivity index (χ1n) is 8.68. The molecular weight excluding hydrogens is 332 g/mol. The molecular formula is C20H28N2O2S. The fourth-order valence-electron chi connectivity index (χ4n) is 2.75.